The Labute approximate surface area is 116 Å². The topological polar surface area (TPSA) is 40.5 Å². The van der Waals surface area contributed by atoms with E-state index in [2.05, 4.69) is 0 Å². The van der Waals surface area contributed by atoms with Gasteiger partial charge in [-0.25, -0.2) is 0 Å². The fourth-order valence-electron chi connectivity index (χ4n) is 2.05. The number of benzene rings is 1. The lowest BCUT2D eigenvalue weighted by Gasteiger charge is -2.17. The first kappa shape index (κ1) is 13.7. The Morgan fingerprint density at radius 3 is 3.00 bits per heavy atom. The molecular formula is C13H16ClNO2S. The zero-order chi connectivity index (χ0) is 13.1. The number of aliphatic hydroxyl groups excluding tert-OH is 1. The lowest BCUT2D eigenvalue weighted by atomic mass is 10.2. The zero-order valence-corrected chi connectivity index (χ0v) is 11.8. The number of hydrogen-bond acceptors (Lipinski definition) is 3. The van der Waals surface area contributed by atoms with Gasteiger partial charge in [-0.3, -0.25) is 4.79 Å². The van der Waals surface area contributed by atoms with Crippen LogP contribution in [0.25, 0.3) is 0 Å². The number of carbonyl (C=O) groups excluding carboxylic acids is 1. The minimum atomic E-state index is -0.393. The molecule has 1 aliphatic heterocycles. The van der Waals surface area contributed by atoms with Gasteiger partial charge in [-0.1, -0.05) is 18.5 Å². The van der Waals surface area contributed by atoms with Crippen molar-refractivity contribution in [2.24, 2.45) is 0 Å². The Bertz CT molecular complexity index is 453. The highest BCUT2D eigenvalue weighted by Gasteiger charge is 2.26. The highest BCUT2D eigenvalue weighted by molar-refractivity contribution is 7.99. The Morgan fingerprint density at radius 1 is 1.61 bits per heavy atom. The Morgan fingerprint density at radius 2 is 2.39 bits per heavy atom. The van der Waals surface area contributed by atoms with Crippen molar-refractivity contribution < 1.29 is 9.90 Å². The molecule has 3 nitrogen and oxygen atoms in total. The number of rotatable bonds is 3. The van der Waals surface area contributed by atoms with Crippen LogP contribution in [0.4, 0.5) is 0 Å². The van der Waals surface area contributed by atoms with Crippen LogP contribution in [0.2, 0.25) is 5.02 Å². The average molecular weight is 286 g/mol. The Kier molecular flexibility index (Phi) is 4.54. The second kappa shape index (κ2) is 5.95. The lowest BCUT2D eigenvalue weighted by Crippen LogP contribution is -2.29. The Balaban J connectivity index is 2.25. The summed E-state index contributed by atoms with van der Waals surface area (Å²) in [4.78, 5) is 15.0. The van der Waals surface area contributed by atoms with Crippen LogP contribution in [0, 0.1) is 0 Å². The maximum Gasteiger partial charge on any atom is 0.255 e. The van der Waals surface area contributed by atoms with Crippen LogP contribution in [-0.2, 0) is 0 Å². The third-order valence-electron chi connectivity index (χ3n) is 2.92. The number of thioether (sulfide) groups is 1. The summed E-state index contributed by atoms with van der Waals surface area (Å²) in [6.45, 7) is 3.08. The summed E-state index contributed by atoms with van der Waals surface area (Å²) >= 11 is 7.60. The largest absolute Gasteiger partial charge is 0.391 e. The number of carbonyl (C=O) groups is 1. The minimum Gasteiger partial charge on any atom is -0.391 e. The quantitative estimate of drug-likeness (QED) is 0.868. The van der Waals surface area contributed by atoms with E-state index in [0.29, 0.717) is 30.1 Å². The molecule has 0 saturated carbocycles. The molecule has 0 radical (unpaired) electrons. The van der Waals surface area contributed by atoms with Gasteiger partial charge >= 0.3 is 0 Å². The summed E-state index contributed by atoms with van der Waals surface area (Å²) in [6, 6.07) is 5.40. The summed E-state index contributed by atoms with van der Waals surface area (Å²) in [6.07, 6.45) is 0.262. The highest BCUT2D eigenvalue weighted by Crippen LogP contribution is 2.27. The normalized spacial score (nSPS) is 19.3. The summed E-state index contributed by atoms with van der Waals surface area (Å²) in [5.41, 5.74) is 0.642. The van der Waals surface area contributed by atoms with E-state index in [4.69, 9.17) is 11.6 Å². The van der Waals surface area contributed by atoms with E-state index >= 15 is 0 Å². The standard InChI is InChI=1S/C13H16ClNO2S/c1-2-18-12-4-3-9(14)7-11(12)13(17)15-6-5-10(16)8-15/h3-4,7,10,16H,2,5-6,8H2,1H3/t10-/m1/s1. The number of nitrogens with zero attached hydrogens (tertiary/aromatic N) is 1. The van der Waals surface area contributed by atoms with Gasteiger partial charge in [-0.15, -0.1) is 11.8 Å². The third-order valence-corrected chi connectivity index (χ3v) is 4.11. The van der Waals surface area contributed by atoms with Crippen molar-refractivity contribution in [2.75, 3.05) is 18.8 Å². The highest BCUT2D eigenvalue weighted by atomic mass is 35.5. The van der Waals surface area contributed by atoms with Gasteiger partial charge in [-0.2, -0.15) is 0 Å². The van der Waals surface area contributed by atoms with Gasteiger partial charge in [0.2, 0.25) is 0 Å². The van der Waals surface area contributed by atoms with Crippen LogP contribution >= 0.6 is 23.4 Å². The molecule has 1 atom stereocenters. The van der Waals surface area contributed by atoms with Crippen LogP contribution in [0.5, 0.6) is 0 Å². The molecule has 0 bridgehead atoms. The van der Waals surface area contributed by atoms with Crippen molar-refractivity contribution in [1.29, 1.82) is 0 Å². The molecule has 1 heterocycles. The molecule has 0 spiro atoms. The SMILES string of the molecule is CCSc1ccc(Cl)cc1C(=O)N1CC[C@@H](O)C1. The van der Waals surface area contributed by atoms with Crippen molar-refractivity contribution in [1.82, 2.24) is 4.90 Å². The number of β-amino-alcohol motifs (C(OH)–C–C–N with tert-alkyl or cyclic N) is 1. The molecule has 0 unspecified atom stereocenters. The van der Waals surface area contributed by atoms with Crippen molar-refractivity contribution in [3.05, 3.63) is 28.8 Å². The van der Waals surface area contributed by atoms with E-state index in [-0.39, 0.29) is 5.91 Å². The van der Waals surface area contributed by atoms with Gasteiger partial charge in [0.25, 0.3) is 5.91 Å². The van der Waals surface area contributed by atoms with Gasteiger partial charge in [0.05, 0.1) is 11.7 Å². The van der Waals surface area contributed by atoms with E-state index < -0.39 is 6.10 Å². The molecule has 0 aliphatic carbocycles. The van der Waals surface area contributed by atoms with E-state index in [1.54, 1.807) is 28.8 Å². The Hall–Kier alpha value is -0.710. The predicted octanol–water partition coefficient (Wildman–Crippen LogP) is 2.66. The molecule has 1 aliphatic rings. The summed E-state index contributed by atoms with van der Waals surface area (Å²) < 4.78 is 0. The van der Waals surface area contributed by atoms with Crippen molar-refractivity contribution in [3.63, 3.8) is 0 Å². The summed E-state index contributed by atoms with van der Waals surface area (Å²) in [7, 11) is 0. The fraction of sp³-hybridized carbons (Fsp3) is 0.462. The number of hydrogen-bond donors (Lipinski definition) is 1. The van der Waals surface area contributed by atoms with Gasteiger partial charge < -0.3 is 10.0 Å². The van der Waals surface area contributed by atoms with Crippen LogP contribution in [0.3, 0.4) is 0 Å². The first-order valence-electron chi connectivity index (χ1n) is 6.01. The second-order valence-corrected chi connectivity index (χ2v) is 6.01. The minimum absolute atomic E-state index is 0.0370. The molecule has 98 valence electrons. The van der Waals surface area contributed by atoms with E-state index in [9.17, 15) is 9.90 Å². The molecule has 1 aromatic carbocycles. The zero-order valence-electron chi connectivity index (χ0n) is 10.2. The third kappa shape index (κ3) is 2.99. The number of amides is 1. The molecule has 1 amide bonds. The number of likely N-dealkylation sites (tertiary alicyclic amines) is 1. The lowest BCUT2D eigenvalue weighted by molar-refractivity contribution is 0.0761. The smallest absolute Gasteiger partial charge is 0.255 e. The van der Waals surface area contributed by atoms with Gasteiger partial charge in [0.15, 0.2) is 0 Å². The van der Waals surface area contributed by atoms with Gasteiger partial charge in [0, 0.05) is 23.0 Å². The fourth-order valence-corrected chi connectivity index (χ4v) is 3.00. The average Bonchev–Trinajstić information content (AvgIpc) is 2.77. The predicted molar refractivity (Wildman–Crippen MR) is 74.4 cm³/mol. The van der Waals surface area contributed by atoms with Crippen molar-refractivity contribution >= 4 is 29.3 Å². The van der Waals surface area contributed by atoms with E-state index in [1.165, 1.54) is 0 Å². The molecule has 5 heteroatoms. The molecule has 18 heavy (non-hydrogen) atoms. The van der Waals surface area contributed by atoms with Crippen LogP contribution in [-0.4, -0.2) is 40.9 Å². The van der Waals surface area contributed by atoms with Crippen LogP contribution in [0.1, 0.15) is 23.7 Å². The summed E-state index contributed by atoms with van der Waals surface area (Å²) in [5, 5.41) is 10.1. The molecule has 1 saturated heterocycles. The van der Waals surface area contributed by atoms with Crippen molar-refractivity contribution in [3.8, 4) is 0 Å². The monoisotopic (exact) mass is 285 g/mol. The van der Waals surface area contributed by atoms with Crippen molar-refractivity contribution in [2.45, 2.75) is 24.3 Å². The van der Waals surface area contributed by atoms with Gasteiger partial charge in [-0.05, 0) is 30.4 Å². The van der Waals surface area contributed by atoms with E-state index in [1.807, 2.05) is 13.0 Å². The molecule has 1 fully saturated rings. The molecular weight excluding hydrogens is 270 g/mol. The van der Waals surface area contributed by atoms with Crippen LogP contribution in [0.15, 0.2) is 23.1 Å². The number of halogens is 1. The molecule has 1 N–H and O–H groups in total. The number of aliphatic hydroxyl groups is 1. The molecule has 0 aromatic heterocycles. The van der Waals surface area contributed by atoms with Gasteiger partial charge in [0.1, 0.15) is 0 Å². The van der Waals surface area contributed by atoms with E-state index in [0.717, 1.165) is 10.6 Å². The second-order valence-electron chi connectivity index (χ2n) is 4.27. The first-order valence-corrected chi connectivity index (χ1v) is 7.38. The maximum atomic E-state index is 12.4. The summed E-state index contributed by atoms with van der Waals surface area (Å²) in [5.74, 6) is 0.870. The molecule has 2 rings (SSSR count). The first-order chi connectivity index (χ1) is 8.61. The molecule has 1 aromatic rings. The van der Waals surface area contributed by atoms with Crippen LogP contribution < -0.4 is 0 Å². The maximum absolute atomic E-state index is 12.4.